The Bertz CT molecular complexity index is 2790. The van der Waals surface area contributed by atoms with E-state index in [0.717, 1.165) is 84.3 Å². The van der Waals surface area contributed by atoms with Crippen molar-refractivity contribution >= 4 is 44.4 Å². The number of benzene rings is 6. The van der Waals surface area contributed by atoms with Gasteiger partial charge >= 0.3 is 6.18 Å². The van der Waals surface area contributed by atoms with E-state index in [-0.39, 0.29) is 6.29 Å². The molecule has 2 aliphatic rings. The van der Waals surface area contributed by atoms with Crippen LogP contribution in [0.5, 0.6) is 0 Å². The summed E-state index contributed by atoms with van der Waals surface area (Å²) in [6.07, 6.45) is -5.27. The van der Waals surface area contributed by atoms with Crippen LogP contribution in [0.1, 0.15) is 68.5 Å². The Morgan fingerprint density at radius 1 is 0.548 bits per heavy atom. The van der Waals surface area contributed by atoms with E-state index in [4.69, 9.17) is 28.9 Å². The summed E-state index contributed by atoms with van der Waals surface area (Å²) < 4.78 is 63.4. The van der Waals surface area contributed by atoms with Crippen molar-refractivity contribution < 1.29 is 32.1 Å². The highest BCUT2D eigenvalue weighted by atomic mass is 127. The predicted molar refractivity (Wildman–Crippen MR) is 245 cm³/mol. The number of pyridine rings is 2. The summed E-state index contributed by atoms with van der Waals surface area (Å²) >= 11 is 2.30. The molecule has 6 nitrogen and oxygen atoms in total. The van der Waals surface area contributed by atoms with Gasteiger partial charge in [0.2, 0.25) is 12.6 Å². The van der Waals surface area contributed by atoms with E-state index in [0.29, 0.717) is 26.4 Å². The molecule has 0 amide bonds. The second kappa shape index (κ2) is 19.3. The number of hydrogen-bond donors (Lipinski definition) is 0. The molecule has 8 aromatic rings. The second-order valence-corrected chi connectivity index (χ2v) is 16.7. The third-order valence-electron chi connectivity index (χ3n) is 10.5. The molecule has 0 radical (unpaired) electrons. The minimum atomic E-state index is -4.35. The SMILES string of the molecule is Cc1cc(COC2OCc3cc4ccccc4nc32)cc(-c2ccc(C(F)(F)F)cc2)c1.Cc1ccc(I)cc1.Cc1cccc(COC2OCc3cc4ccccc4nc32)c1. The zero-order valence-electron chi connectivity index (χ0n) is 34.5. The van der Waals surface area contributed by atoms with Crippen molar-refractivity contribution in [2.24, 2.45) is 0 Å². The molecule has 314 valence electrons. The van der Waals surface area contributed by atoms with Crippen LogP contribution in [0.25, 0.3) is 32.9 Å². The number of fused-ring (bicyclic) bond motifs is 4. The average Bonchev–Trinajstić information content (AvgIpc) is 3.86. The lowest BCUT2D eigenvalue weighted by Gasteiger charge is -2.14. The summed E-state index contributed by atoms with van der Waals surface area (Å²) in [6.45, 7) is 7.96. The summed E-state index contributed by atoms with van der Waals surface area (Å²) in [4.78, 5) is 9.44. The van der Waals surface area contributed by atoms with Crippen molar-refractivity contribution in [3.63, 3.8) is 0 Å². The van der Waals surface area contributed by atoms with Gasteiger partial charge in [0.25, 0.3) is 0 Å². The molecule has 10 rings (SSSR count). The standard InChI is InChI=1S/C26H20F3NO2.C19H17NO2.C7H7I/c1-16-10-17(12-20(11-16)18-6-8-22(9-7-18)26(27,28)29)14-31-25-24-21(15-32-25)13-19-4-2-3-5-23(19)30-24;1-13-5-4-6-14(9-13)11-21-19-18-16(12-22-19)10-15-7-2-3-8-17(15)20-18;1-6-2-4-7(8)5-3-6/h2-13,25H,14-15H2,1H3;2-10,19H,11-12H2,1H3;2-5H,1H3. The van der Waals surface area contributed by atoms with Crippen molar-refractivity contribution in [3.8, 4) is 11.1 Å². The Labute approximate surface area is 372 Å². The molecule has 2 unspecified atom stereocenters. The fraction of sp³-hybridized carbons (Fsp3) is 0.192. The molecule has 62 heavy (non-hydrogen) atoms. The highest BCUT2D eigenvalue weighted by Crippen LogP contribution is 2.35. The van der Waals surface area contributed by atoms with Crippen LogP contribution in [0.3, 0.4) is 0 Å². The van der Waals surface area contributed by atoms with Gasteiger partial charge in [-0.1, -0.05) is 114 Å². The van der Waals surface area contributed by atoms with Gasteiger partial charge in [0, 0.05) is 25.5 Å². The number of ether oxygens (including phenoxy) is 4. The lowest BCUT2D eigenvalue weighted by molar-refractivity contribution is -0.147. The minimum Gasteiger partial charge on any atom is -0.342 e. The first kappa shape index (κ1) is 43.2. The van der Waals surface area contributed by atoms with E-state index in [9.17, 15) is 13.2 Å². The molecule has 2 atom stereocenters. The van der Waals surface area contributed by atoms with Crippen molar-refractivity contribution in [1.82, 2.24) is 9.97 Å². The van der Waals surface area contributed by atoms with Crippen LogP contribution in [0, 0.1) is 24.3 Å². The van der Waals surface area contributed by atoms with Gasteiger partial charge in [-0.15, -0.1) is 0 Å². The summed E-state index contributed by atoms with van der Waals surface area (Å²) in [5, 5.41) is 2.21. The van der Waals surface area contributed by atoms with E-state index < -0.39 is 18.0 Å². The molecule has 10 heteroatoms. The molecule has 4 heterocycles. The maximum atomic E-state index is 12.9. The number of hydrogen-bond acceptors (Lipinski definition) is 6. The maximum absolute atomic E-state index is 12.9. The molecule has 0 spiro atoms. The Morgan fingerprint density at radius 2 is 1.10 bits per heavy atom. The Balaban J connectivity index is 0.000000151. The number of aromatic nitrogens is 2. The predicted octanol–water partition coefficient (Wildman–Crippen LogP) is 13.9. The molecular weight excluding hydrogens is 900 g/mol. The van der Waals surface area contributed by atoms with Crippen LogP contribution in [0.15, 0.2) is 152 Å². The number of alkyl halides is 3. The van der Waals surface area contributed by atoms with E-state index in [1.165, 1.54) is 26.8 Å². The Kier molecular flexibility index (Phi) is 13.4. The Hall–Kier alpha value is -5.50. The van der Waals surface area contributed by atoms with Gasteiger partial charge in [0.15, 0.2) is 0 Å². The first-order chi connectivity index (χ1) is 29.9. The van der Waals surface area contributed by atoms with Crippen molar-refractivity contribution in [3.05, 3.63) is 211 Å². The molecule has 2 aromatic heterocycles. The van der Waals surface area contributed by atoms with Crippen molar-refractivity contribution in [2.45, 2.75) is 66.0 Å². The monoisotopic (exact) mass is 944 g/mol. The van der Waals surface area contributed by atoms with Crippen LogP contribution in [-0.4, -0.2) is 9.97 Å². The maximum Gasteiger partial charge on any atom is 0.416 e. The van der Waals surface area contributed by atoms with E-state index in [2.05, 4.69) is 97.1 Å². The molecule has 6 aromatic carbocycles. The van der Waals surface area contributed by atoms with Gasteiger partial charge in [-0.2, -0.15) is 13.2 Å². The molecule has 0 saturated heterocycles. The van der Waals surface area contributed by atoms with Crippen LogP contribution in [0.2, 0.25) is 0 Å². The van der Waals surface area contributed by atoms with Gasteiger partial charge in [0.05, 0.1) is 43.0 Å². The van der Waals surface area contributed by atoms with Gasteiger partial charge in [-0.25, -0.2) is 9.97 Å². The number of halogens is 4. The molecule has 0 fully saturated rings. The van der Waals surface area contributed by atoms with E-state index in [1.54, 1.807) is 0 Å². The largest absolute Gasteiger partial charge is 0.416 e. The summed E-state index contributed by atoms with van der Waals surface area (Å²) in [6, 6.07) is 48.1. The number of para-hydroxylation sites is 2. The highest BCUT2D eigenvalue weighted by Gasteiger charge is 2.30. The number of aryl methyl sites for hydroxylation is 3. The van der Waals surface area contributed by atoms with Crippen LogP contribution in [-0.2, 0) is 51.6 Å². The van der Waals surface area contributed by atoms with Crippen LogP contribution >= 0.6 is 22.6 Å². The smallest absolute Gasteiger partial charge is 0.342 e. The van der Waals surface area contributed by atoms with Gasteiger partial charge in [0.1, 0.15) is 11.4 Å². The van der Waals surface area contributed by atoms with Crippen LogP contribution < -0.4 is 0 Å². The molecule has 2 aliphatic heterocycles. The van der Waals surface area contributed by atoms with Gasteiger partial charge in [-0.3, -0.25) is 0 Å². The molecule has 0 bridgehead atoms. The lowest BCUT2D eigenvalue weighted by atomic mass is 9.99. The molecule has 0 aliphatic carbocycles. The molecule has 0 N–H and O–H groups in total. The fourth-order valence-corrected chi connectivity index (χ4v) is 7.73. The first-order valence-corrected chi connectivity index (χ1v) is 21.3. The third kappa shape index (κ3) is 10.7. The van der Waals surface area contributed by atoms with Gasteiger partial charge in [-0.05, 0) is 120 Å². The van der Waals surface area contributed by atoms with Crippen LogP contribution in [0.4, 0.5) is 13.2 Å². The van der Waals surface area contributed by atoms with Crippen molar-refractivity contribution in [2.75, 3.05) is 0 Å². The summed E-state index contributed by atoms with van der Waals surface area (Å²) in [5.41, 5.74) is 12.2. The first-order valence-electron chi connectivity index (χ1n) is 20.2. The molecule has 0 saturated carbocycles. The quantitative estimate of drug-likeness (QED) is 0.148. The highest BCUT2D eigenvalue weighted by molar-refractivity contribution is 14.1. The van der Waals surface area contributed by atoms with Crippen molar-refractivity contribution in [1.29, 1.82) is 0 Å². The Morgan fingerprint density at radius 3 is 1.65 bits per heavy atom. The second-order valence-electron chi connectivity index (χ2n) is 15.4. The third-order valence-corrected chi connectivity index (χ3v) is 11.2. The summed E-state index contributed by atoms with van der Waals surface area (Å²) in [7, 11) is 0. The lowest BCUT2D eigenvalue weighted by Crippen LogP contribution is -2.05. The molecular formula is C52H44F3IN2O4. The fourth-order valence-electron chi connectivity index (χ4n) is 7.37. The average molecular weight is 945 g/mol. The van der Waals surface area contributed by atoms with Gasteiger partial charge < -0.3 is 18.9 Å². The zero-order chi connectivity index (χ0) is 43.2. The zero-order valence-corrected chi connectivity index (χ0v) is 36.6. The minimum absolute atomic E-state index is 0.300. The van der Waals surface area contributed by atoms with E-state index in [1.807, 2.05) is 73.7 Å². The number of rotatable bonds is 7. The van der Waals surface area contributed by atoms with E-state index >= 15 is 0 Å². The topological polar surface area (TPSA) is 62.7 Å². The summed E-state index contributed by atoms with van der Waals surface area (Å²) in [5.74, 6) is 0. The normalized spacial score (nSPS) is 15.3. The number of nitrogens with zero attached hydrogens (tertiary/aromatic N) is 2.